The van der Waals surface area contributed by atoms with Crippen LogP contribution in [0.4, 0.5) is 0 Å². The van der Waals surface area contributed by atoms with Gasteiger partial charge in [-0.15, -0.1) is 0 Å². The number of ether oxygens (including phenoxy) is 3. The number of rotatable bonds is 8. The lowest BCUT2D eigenvalue weighted by molar-refractivity contribution is -0.144. The molecule has 132 valence electrons. The number of carbonyl (C=O) groups is 2. The molecule has 0 amide bonds. The number of phosphoric acid groups is 1. The number of phosphoric ester groups is 1. The molecule has 0 bridgehead atoms. The van der Waals surface area contributed by atoms with Crippen molar-refractivity contribution in [1.29, 1.82) is 0 Å². The largest absolute Gasteiger partial charge is 0.469 e. The van der Waals surface area contributed by atoms with E-state index in [-0.39, 0.29) is 24.8 Å². The predicted octanol–water partition coefficient (Wildman–Crippen LogP) is 0.716. The van der Waals surface area contributed by atoms with E-state index >= 15 is 0 Å². The van der Waals surface area contributed by atoms with Gasteiger partial charge in [0.05, 0.1) is 13.2 Å². The zero-order chi connectivity index (χ0) is 18.0. The van der Waals surface area contributed by atoms with Crippen LogP contribution in [0.15, 0.2) is 25.3 Å². The highest BCUT2D eigenvalue weighted by molar-refractivity contribution is 7.46. The van der Waals surface area contributed by atoms with Crippen molar-refractivity contribution < 1.29 is 42.7 Å². The van der Waals surface area contributed by atoms with E-state index in [4.69, 9.17) is 19.3 Å². The summed E-state index contributed by atoms with van der Waals surface area (Å²) in [6.45, 7) is 10.0. The molecule has 10 heteroatoms. The maximum atomic E-state index is 10.6. The summed E-state index contributed by atoms with van der Waals surface area (Å²) in [5, 5.41) is 0. The second-order valence-corrected chi connectivity index (χ2v) is 5.70. The van der Waals surface area contributed by atoms with Gasteiger partial charge >= 0.3 is 19.8 Å². The standard InChI is InChI=1S/C7H10O3.C6H11O6P/c1-3-7(8)10-5(2)6-4-9-6;1-3-6(7)12-5(2)4-11-13(8,9)10/h3,5-6H,1,4H2,2H3;3,5H,1,4H2,2H3,(H2,8,9,10). The van der Waals surface area contributed by atoms with Crippen molar-refractivity contribution in [3.8, 4) is 0 Å². The van der Waals surface area contributed by atoms with Gasteiger partial charge in [0.1, 0.15) is 18.3 Å². The van der Waals surface area contributed by atoms with Crippen molar-refractivity contribution in [1.82, 2.24) is 0 Å². The summed E-state index contributed by atoms with van der Waals surface area (Å²) in [5.74, 6) is -1.05. The van der Waals surface area contributed by atoms with Gasteiger partial charge in [0, 0.05) is 12.2 Å². The van der Waals surface area contributed by atoms with Gasteiger partial charge in [0.25, 0.3) is 0 Å². The fourth-order valence-electron chi connectivity index (χ4n) is 1.12. The Bertz CT molecular complexity index is 466. The van der Waals surface area contributed by atoms with Crippen molar-refractivity contribution in [2.45, 2.75) is 32.2 Å². The summed E-state index contributed by atoms with van der Waals surface area (Å²) in [4.78, 5) is 37.7. The third-order valence-electron chi connectivity index (χ3n) is 2.31. The Hall–Kier alpha value is -1.51. The van der Waals surface area contributed by atoms with E-state index < -0.39 is 19.9 Å². The summed E-state index contributed by atoms with van der Waals surface area (Å²) in [6, 6.07) is 0. The Balaban J connectivity index is 0.000000433. The maximum absolute atomic E-state index is 10.6. The SMILES string of the molecule is C=CC(=O)OC(C)C1CO1.C=CC(=O)OC(C)COP(=O)(O)O. The fourth-order valence-corrected chi connectivity index (χ4v) is 1.52. The quantitative estimate of drug-likeness (QED) is 0.280. The van der Waals surface area contributed by atoms with E-state index in [0.29, 0.717) is 6.61 Å². The Morgan fingerprint density at radius 2 is 1.74 bits per heavy atom. The first-order chi connectivity index (χ1) is 10.6. The van der Waals surface area contributed by atoms with E-state index in [9.17, 15) is 14.2 Å². The molecule has 1 aliphatic heterocycles. The summed E-state index contributed by atoms with van der Waals surface area (Å²) in [5.41, 5.74) is 0. The molecular formula is C13H21O9P. The first-order valence-electron chi connectivity index (χ1n) is 6.56. The van der Waals surface area contributed by atoms with Gasteiger partial charge < -0.3 is 24.0 Å². The smallest absolute Gasteiger partial charge is 0.457 e. The second kappa shape index (κ2) is 10.3. The molecule has 0 aromatic rings. The van der Waals surface area contributed by atoms with Gasteiger partial charge in [0.15, 0.2) is 0 Å². The molecule has 2 N–H and O–H groups in total. The Kier molecular flexibility index (Phi) is 9.62. The van der Waals surface area contributed by atoms with E-state index in [1.165, 1.54) is 6.92 Å². The van der Waals surface area contributed by atoms with Crippen molar-refractivity contribution in [2.24, 2.45) is 0 Å². The van der Waals surface area contributed by atoms with E-state index in [2.05, 4.69) is 22.4 Å². The molecule has 1 saturated heterocycles. The third-order valence-corrected chi connectivity index (χ3v) is 2.80. The van der Waals surface area contributed by atoms with Crippen LogP contribution >= 0.6 is 7.82 Å². The monoisotopic (exact) mass is 352 g/mol. The molecule has 0 aromatic carbocycles. The molecule has 1 rings (SSSR count). The van der Waals surface area contributed by atoms with Crippen LogP contribution in [-0.4, -0.2) is 53.3 Å². The van der Waals surface area contributed by atoms with Gasteiger partial charge in [-0.3, -0.25) is 4.52 Å². The average molecular weight is 352 g/mol. The number of hydrogen-bond donors (Lipinski definition) is 2. The number of carbonyl (C=O) groups excluding carboxylic acids is 2. The third kappa shape index (κ3) is 12.7. The Morgan fingerprint density at radius 1 is 1.26 bits per heavy atom. The molecule has 0 aromatic heterocycles. The molecular weight excluding hydrogens is 331 g/mol. The minimum absolute atomic E-state index is 0.115. The average Bonchev–Trinajstić information content (AvgIpc) is 3.29. The Labute approximate surface area is 134 Å². The van der Waals surface area contributed by atoms with Gasteiger partial charge in [-0.2, -0.15) is 0 Å². The number of esters is 2. The van der Waals surface area contributed by atoms with Gasteiger partial charge in [-0.25, -0.2) is 14.2 Å². The van der Waals surface area contributed by atoms with Gasteiger partial charge in [0.2, 0.25) is 0 Å². The number of epoxide rings is 1. The summed E-state index contributed by atoms with van der Waals surface area (Å²) >= 11 is 0. The van der Waals surface area contributed by atoms with Gasteiger partial charge in [-0.05, 0) is 13.8 Å². The highest BCUT2D eigenvalue weighted by atomic mass is 31.2. The van der Waals surface area contributed by atoms with Crippen LogP contribution in [0.1, 0.15) is 13.8 Å². The summed E-state index contributed by atoms with van der Waals surface area (Å²) < 4.78 is 28.6. The van der Waals surface area contributed by atoms with E-state index in [1.54, 1.807) is 6.92 Å². The lowest BCUT2D eigenvalue weighted by Crippen LogP contribution is -2.18. The maximum Gasteiger partial charge on any atom is 0.469 e. The molecule has 1 aliphatic rings. The van der Waals surface area contributed by atoms with Crippen LogP contribution < -0.4 is 0 Å². The van der Waals surface area contributed by atoms with Crippen molar-refractivity contribution in [2.75, 3.05) is 13.2 Å². The van der Waals surface area contributed by atoms with Crippen molar-refractivity contribution in [3.63, 3.8) is 0 Å². The molecule has 9 nitrogen and oxygen atoms in total. The molecule has 0 radical (unpaired) electrons. The highest BCUT2D eigenvalue weighted by Gasteiger charge is 2.31. The van der Waals surface area contributed by atoms with Gasteiger partial charge in [-0.1, -0.05) is 13.2 Å². The van der Waals surface area contributed by atoms with Crippen LogP contribution in [0, 0.1) is 0 Å². The van der Waals surface area contributed by atoms with E-state index in [0.717, 1.165) is 12.2 Å². The molecule has 1 heterocycles. The molecule has 0 aliphatic carbocycles. The van der Waals surface area contributed by atoms with Crippen molar-refractivity contribution in [3.05, 3.63) is 25.3 Å². The second-order valence-electron chi connectivity index (χ2n) is 4.46. The zero-order valence-corrected chi connectivity index (χ0v) is 13.8. The first-order valence-corrected chi connectivity index (χ1v) is 8.09. The molecule has 3 atom stereocenters. The lowest BCUT2D eigenvalue weighted by Gasteiger charge is -2.12. The summed E-state index contributed by atoms with van der Waals surface area (Å²) in [6.07, 6.45) is 1.36. The van der Waals surface area contributed by atoms with Crippen LogP contribution in [-0.2, 0) is 32.9 Å². The number of hydrogen-bond acceptors (Lipinski definition) is 7. The van der Waals surface area contributed by atoms with Crippen LogP contribution in [0.3, 0.4) is 0 Å². The first kappa shape index (κ1) is 21.5. The molecule has 1 fully saturated rings. The van der Waals surface area contributed by atoms with Crippen LogP contribution in [0.25, 0.3) is 0 Å². The summed E-state index contributed by atoms with van der Waals surface area (Å²) in [7, 11) is -4.49. The van der Waals surface area contributed by atoms with Crippen molar-refractivity contribution >= 4 is 19.8 Å². The molecule has 3 unspecified atom stereocenters. The normalized spacial score (nSPS) is 18.5. The highest BCUT2D eigenvalue weighted by Crippen LogP contribution is 2.35. The topological polar surface area (TPSA) is 132 Å². The molecule has 23 heavy (non-hydrogen) atoms. The van der Waals surface area contributed by atoms with Crippen LogP contribution in [0.5, 0.6) is 0 Å². The fraction of sp³-hybridized carbons (Fsp3) is 0.538. The minimum Gasteiger partial charge on any atom is -0.457 e. The van der Waals surface area contributed by atoms with E-state index in [1.807, 2.05) is 0 Å². The molecule has 0 saturated carbocycles. The minimum atomic E-state index is -4.49. The molecule has 0 spiro atoms. The Morgan fingerprint density at radius 3 is 2.13 bits per heavy atom. The zero-order valence-electron chi connectivity index (χ0n) is 12.9. The lowest BCUT2D eigenvalue weighted by atomic mass is 10.3. The predicted molar refractivity (Wildman–Crippen MR) is 79.2 cm³/mol. The van der Waals surface area contributed by atoms with Crippen LogP contribution in [0.2, 0.25) is 0 Å².